The van der Waals surface area contributed by atoms with Crippen molar-refractivity contribution in [1.29, 1.82) is 0 Å². The molecule has 4 N–H and O–H groups in total. The summed E-state index contributed by atoms with van der Waals surface area (Å²) in [6, 6.07) is 16.8. The quantitative estimate of drug-likeness (QED) is 0.219. The van der Waals surface area contributed by atoms with E-state index in [1.54, 1.807) is 46.8 Å². The zero-order chi connectivity index (χ0) is 27.6. The molecule has 1 heterocycles. The molecule has 0 saturated carbocycles. The van der Waals surface area contributed by atoms with Crippen molar-refractivity contribution in [3.05, 3.63) is 54.6 Å². The zero-order valence-electron chi connectivity index (χ0n) is 21.8. The van der Waals surface area contributed by atoms with Gasteiger partial charge in [-0.2, -0.15) is 13.2 Å². The number of alkyl halides is 3. The summed E-state index contributed by atoms with van der Waals surface area (Å²) in [7, 11) is 0. The third-order valence-corrected chi connectivity index (χ3v) is 7.80. The van der Waals surface area contributed by atoms with Gasteiger partial charge in [0, 0.05) is 32.7 Å². The van der Waals surface area contributed by atoms with Crippen molar-refractivity contribution in [1.82, 2.24) is 0 Å². The number of carbonyl (C=O) groups is 1. The maximum Gasteiger partial charge on any atom is 0.395 e. The van der Waals surface area contributed by atoms with Crippen molar-refractivity contribution < 1.29 is 27.1 Å². The fraction of sp³-hybridized carbons (Fsp3) is 0.464. The Morgan fingerprint density at radius 1 is 1.00 bits per heavy atom. The number of carbonyl (C=O) groups excluding carboxylic acids is 1. The lowest BCUT2D eigenvalue weighted by molar-refractivity contribution is -0.189. The second-order valence-electron chi connectivity index (χ2n) is 11.0. The summed E-state index contributed by atoms with van der Waals surface area (Å²) in [5, 5.41) is 0.859. The largest absolute Gasteiger partial charge is 0.465 e. The Morgan fingerprint density at radius 3 is 2.24 bits per heavy atom. The highest BCUT2D eigenvalue weighted by molar-refractivity contribution is 7.99. The Morgan fingerprint density at radius 2 is 1.65 bits per heavy atom. The van der Waals surface area contributed by atoms with E-state index in [2.05, 4.69) is 0 Å². The molecule has 0 spiro atoms. The highest BCUT2D eigenvalue weighted by Gasteiger charge is 2.48. The standard InChI is InChI=1S/C28H35F3N2O3S/c1-25(2,32)17-27(5,33)26(3,4)24(34)35-15-20(28(29,30)31)16-37-21-12-11-19-13-22(36-23(19)14-21)18-9-7-6-8-10-18/h6-14,20H,15-17,32-33H2,1-5H3. The van der Waals surface area contributed by atoms with E-state index in [0.717, 1.165) is 22.7 Å². The fourth-order valence-corrected chi connectivity index (χ4v) is 5.07. The molecule has 0 saturated heterocycles. The van der Waals surface area contributed by atoms with Crippen LogP contribution < -0.4 is 11.5 Å². The number of hydrogen-bond donors (Lipinski definition) is 2. The number of fused-ring (bicyclic) bond motifs is 1. The molecule has 0 fully saturated rings. The minimum Gasteiger partial charge on any atom is -0.465 e. The number of halogens is 3. The average molecular weight is 537 g/mol. The van der Waals surface area contributed by atoms with Crippen molar-refractivity contribution in [3.8, 4) is 11.3 Å². The first kappa shape index (κ1) is 29.1. The minimum atomic E-state index is -4.54. The second kappa shape index (κ2) is 10.7. The van der Waals surface area contributed by atoms with Crippen LogP contribution in [0.1, 0.15) is 41.0 Å². The highest BCUT2D eigenvalue weighted by Crippen LogP contribution is 2.38. The summed E-state index contributed by atoms with van der Waals surface area (Å²) in [5.74, 6) is -2.26. The van der Waals surface area contributed by atoms with E-state index in [4.69, 9.17) is 20.6 Å². The molecule has 202 valence electrons. The summed E-state index contributed by atoms with van der Waals surface area (Å²) in [6.07, 6.45) is -4.26. The number of thioether (sulfide) groups is 1. The van der Waals surface area contributed by atoms with Crippen LogP contribution in [-0.2, 0) is 9.53 Å². The number of furan rings is 1. The van der Waals surface area contributed by atoms with E-state index in [-0.39, 0.29) is 12.2 Å². The summed E-state index contributed by atoms with van der Waals surface area (Å²) in [6.45, 7) is 7.56. The van der Waals surface area contributed by atoms with E-state index in [1.165, 1.54) is 0 Å². The van der Waals surface area contributed by atoms with Crippen LogP contribution in [0.5, 0.6) is 0 Å². The number of hydrogen-bond acceptors (Lipinski definition) is 6. The molecular formula is C28H35F3N2O3S. The Balaban J connectivity index is 1.68. The highest BCUT2D eigenvalue weighted by atomic mass is 32.2. The van der Waals surface area contributed by atoms with Gasteiger partial charge in [0.1, 0.15) is 18.0 Å². The number of rotatable bonds is 10. The molecule has 0 aliphatic rings. The van der Waals surface area contributed by atoms with Gasteiger partial charge in [-0.05, 0) is 65.3 Å². The molecule has 2 aromatic carbocycles. The number of ether oxygens (including phenoxy) is 1. The smallest absolute Gasteiger partial charge is 0.395 e. The monoisotopic (exact) mass is 536 g/mol. The fourth-order valence-electron chi connectivity index (χ4n) is 4.04. The molecule has 3 aromatic rings. The van der Waals surface area contributed by atoms with Crippen LogP contribution in [-0.4, -0.2) is 35.6 Å². The average Bonchev–Trinajstić information content (AvgIpc) is 3.20. The van der Waals surface area contributed by atoms with Gasteiger partial charge >= 0.3 is 12.1 Å². The predicted molar refractivity (Wildman–Crippen MR) is 142 cm³/mol. The molecule has 0 aliphatic heterocycles. The predicted octanol–water partition coefficient (Wildman–Crippen LogP) is 6.78. The molecule has 1 aromatic heterocycles. The van der Waals surface area contributed by atoms with Gasteiger partial charge in [-0.15, -0.1) is 11.8 Å². The van der Waals surface area contributed by atoms with Crippen molar-refractivity contribution in [2.45, 2.75) is 63.2 Å². The molecule has 2 unspecified atom stereocenters. The molecule has 0 aliphatic carbocycles. The van der Waals surface area contributed by atoms with E-state index >= 15 is 0 Å². The van der Waals surface area contributed by atoms with Gasteiger partial charge in [-0.3, -0.25) is 4.79 Å². The maximum atomic E-state index is 13.8. The lowest BCUT2D eigenvalue weighted by Crippen LogP contribution is -2.59. The zero-order valence-corrected chi connectivity index (χ0v) is 22.6. The molecule has 37 heavy (non-hydrogen) atoms. The van der Waals surface area contributed by atoms with Gasteiger partial charge in [-0.25, -0.2) is 0 Å². The molecule has 2 atom stereocenters. The van der Waals surface area contributed by atoms with Crippen LogP contribution in [0, 0.1) is 11.3 Å². The topological polar surface area (TPSA) is 91.5 Å². The van der Waals surface area contributed by atoms with Crippen LogP contribution >= 0.6 is 11.8 Å². The van der Waals surface area contributed by atoms with Crippen LogP contribution in [0.3, 0.4) is 0 Å². The van der Waals surface area contributed by atoms with Gasteiger partial charge < -0.3 is 20.6 Å². The second-order valence-corrected chi connectivity index (χ2v) is 12.1. The van der Waals surface area contributed by atoms with E-state index in [0.29, 0.717) is 16.2 Å². The molecule has 0 bridgehead atoms. The first-order valence-corrected chi connectivity index (χ1v) is 13.0. The van der Waals surface area contributed by atoms with Gasteiger partial charge in [0.05, 0.1) is 11.3 Å². The van der Waals surface area contributed by atoms with E-state index < -0.39 is 41.2 Å². The first-order chi connectivity index (χ1) is 17.0. The number of nitrogens with two attached hydrogens (primary N) is 2. The van der Waals surface area contributed by atoms with Gasteiger partial charge in [0.25, 0.3) is 0 Å². The van der Waals surface area contributed by atoms with Crippen molar-refractivity contribution in [2.24, 2.45) is 22.8 Å². The minimum absolute atomic E-state index is 0.280. The normalized spacial score (nSPS) is 15.4. The van der Waals surface area contributed by atoms with Gasteiger partial charge in [-0.1, -0.05) is 30.3 Å². The summed E-state index contributed by atoms with van der Waals surface area (Å²) < 4.78 is 52.5. The Bertz CT molecular complexity index is 1210. The first-order valence-electron chi connectivity index (χ1n) is 12.0. The SMILES string of the molecule is CC(C)(N)CC(C)(N)C(C)(C)C(=O)OCC(CSc1ccc2cc(-c3ccccc3)oc2c1)C(F)(F)F. The van der Waals surface area contributed by atoms with E-state index in [9.17, 15) is 18.0 Å². The number of benzene rings is 2. The van der Waals surface area contributed by atoms with Crippen LogP contribution in [0.15, 0.2) is 63.9 Å². The molecule has 9 heteroatoms. The van der Waals surface area contributed by atoms with Crippen LogP contribution in [0.2, 0.25) is 0 Å². The maximum absolute atomic E-state index is 13.8. The molecule has 3 rings (SSSR count). The molecule has 0 amide bonds. The van der Waals surface area contributed by atoms with Crippen LogP contribution in [0.25, 0.3) is 22.3 Å². The summed E-state index contributed by atoms with van der Waals surface area (Å²) >= 11 is 1.04. The third kappa shape index (κ3) is 7.30. The Labute approximate surface area is 220 Å². The summed E-state index contributed by atoms with van der Waals surface area (Å²) in [4.78, 5) is 13.5. The summed E-state index contributed by atoms with van der Waals surface area (Å²) in [5.41, 5.74) is 11.0. The molecular weight excluding hydrogens is 501 g/mol. The van der Waals surface area contributed by atoms with Gasteiger partial charge in [0.15, 0.2) is 0 Å². The van der Waals surface area contributed by atoms with Crippen molar-refractivity contribution in [3.63, 3.8) is 0 Å². The van der Waals surface area contributed by atoms with Gasteiger partial charge in [0.2, 0.25) is 0 Å². The Kier molecular flexibility index (Phi) is 8.41. The van der Waals surface area contributed by atoms with Crippen molar-refractivity contribution >= 4 is 28.7 Å². The lowest BCUT2D eigenvalue weighted by atomic mass is 9.68. The molecule has 5 nitrogen and oxygen atoms in total. The number of esters is 1. The van der Waals surface area contributed by atoms with Crippen molar-refractivity contribution in [2.75, 3.05) is 12.4 Å². The van der Waals surface area contributed by atoms with Crippen LogP contribution in [0.4, 0.5) is 13.2 Å². The Hall–Kier alpha value is -2.49. The molecule has 0 radical (unpaired) electrons. The third-order valence-electron chi connectivity index (χ3n) is 6.64. The lowest BCUT2D eigenvalue weighted by Gasteiger charge is -2.42. The van der Waals surface area contributed by atoms with E-state index in [1.807, 2.05) is 42.5 Å².